The Balaban J connectivity index is 1.05. The number of hydrogen-bond acceptors (Lipinski definition) is 5. The van der Waals surface area contributed by atoms with Crippen LogP contribution in [-0.4, -0.2) is 57.9 Å². The summed E-state index contributed by atoms with van der Waals surface area (Å²) < 4.78 is 0. The average Bonchev–Trinajstić information content (AvgIpc) is 3.71. The molecule has 5 N–H and O–H groups in total. The Hall–Kier alpha value is -1.24. The maximum atomic E-state index is 11.5. The summed E-state index contributed by atoms with van der Waals surface area (Å²) in [6, 6.07) is 0. The Morgan fingerprint density at radius 3 is 2.05 bits per heavy atom. The highest BCUT2D eigenvalue weighted by Crippen LogP contribution is 2.58. The molecule has 0 amide bonds. The molecular formula is C71H123NO4. The average molecular weight is 1050 g/mol. The van der Waals surface area contributed by atoms with Crippen LogP contribution in [-0.2, 0) is 0 Å². The zero-order chi connectivity index (χ0) is 54.3. The standard InChI is InChI=1S/C71H123NO4/c1-9-11-12-14-18-27-54(28-19-16-13-15-17-24-52-25-20-32-64-55(35-34-52)29-22-33-67(64)75)66-46-60-49-72-50-68(76)65(60)41-38-59(66)48-70(6,7)71(8)42-23-26-53(43-56(51(71)3)36-39-62(73)10-2)47-69(4,5)61-31-21-30-57-45-63(74)40-37-58(57)44-61/h52-54,59,61-63,66-68,72-76H,9-50H2,1-8H3/b56-51-. The molecule has 0 bridgehead atoms. The SMILES string of the molecule is CCCCCCCC(CCCCCCCC1CCCC2=C(CCCC2O)CC1)C1CC2=C(CCC1CC(C)(C)C1(C)CCCC(CC(C)(C)C3CCCC4=C(CCC(O)C4)C3)C/C(CCC(O)CC)=C\1C)C(O)CNC2. The van der Waals surface area contributed by atoms with Gasteiger partial charge in [0.2, 0.25) is 0 Å². The minimum Gasteiger partial charge on any atom is -0.393 e. The molecule has 0 spiro atoms. The quantitative estimate of drug-likeness (QED) is 0.0464. The highest BCUT2D eigenvalue weighted by Gasteiger charge is 2.48. The van der Waals surface area contributed by atoms with Crippen molar-refractivity contribution in [2.24, 2.45) is 51.8 Å². The molecule has 7 aliphatic rings. The third-order valence-electron chi connectivity index (χ3n) is 23.5. The lowest BCUT2D eigenvalue weighted by Crippen LogP contribution is -2.41. The predicted octanol–water partition coefficient (Wildman–Crippen LogP) is 18.7. The predicted molar refractivity (Wildman–Crippen MR) is 323 cm³/mol. The zero-order valence-corrected chi connectivity index (χ0v) is 51.3. The molecule has 1 aliphatic heterocycles. The zero-order valence-electron chi connectivity index (χ0n) is 51.3. The fourth-order valence-electron chi connectivity index (χ4n) is 18.0. The van der Waals surface area contributed by atoms with Crippen LogP contribution in [0.5, 0.6) is 0 Å². The van der Waals surface area contributed by atoms with E-state index < -0.39 is 0 Å². The van der Waals surface area contributed by atoms with Gasteiger partial charge in [0.1, 0.15) is 0 Å². The van der Waals surface area contributed by atoms with Crippen LogP contribution < -0.4 is 5.32 Å². The molecule has 11 atom stereocenters. The number of aliphatic hydroxyl groups is 4. The molecule has 1 heterocycles. The van der Waals surface area contributed by atoms with E-state index in [9.17, 15) is 20.4 Å². The van der Waals surface area contributed by atoms with Gasteiger partial charge in [-0.2, -0.15) is 0 Å². The van der Waals surface area contributed by atoms with E-state index in [-0.39, 0.29) is 40.7 Å². The van der Waals surface area contributed by atoms with Crippen molar-refractivity contribution in [2.75, 3.05) is 13.1 Å². The summed E-state index contributed by atoms with van der Waals surface area (Å²) in [5, 5.41) is 47.5. The summed E-state index contributed by atoms with van der Waals surface area (Å²) in [7, 11) is 0. The number of β-amino-alcohol motifs (C(OH)–C–C–N with tert-alkyl or cyclic N) is 1. The third kappa shape index (κ3) is 17.2. The highest BCUT2D eigenvalue weighted by molar-refractivity contribution is 5.28. The van der Waals surface area contributed by atoms with Crippen LogP contribution in [0.2, 0.25) is 0 Å². The number of rotatable bonds is 25. The van der Waals surface area contributed by atoms with Gasteiger partial charge in [0, 0.05) is 13.1 Å². The fourth-order valence-corrected chi connectivity index (χ4v) is 18.0. The minimum atomic E-state index is -0.327. The highest BCUT2D eigenvalue weighted by atomic mass is 16.3. The summed E-state index contributed by atoms with van der Waals surface area (Å²) >= 11 is 0. The first-order chi connectivity index (χ1) is 36.5. The summed E-state index contributed by atoms with van der Waals surface area (Å²) in [5.74, 6) is 4.36. The Labute approximate surface area is 469 Å². The van der Waals surface area contributed by atoms with Crippen molar-refractivity contribution in [1.82, 2.24) is 5.32 Å². The van der Waals surface area contributed by atoms with Crippen molar-refractivity contribution in [2.45, 2.75) is 337 Å². The molecule has 76 heavy (non-hydrogen) atoms. The number of unbranched alkanes of at least 4 members (excludes halogenated alkanes) is 8. The molecule has 436 valence electrons. The molecule has 0 aromatic heterocycles. The number of nitrogens with one attached hydrogen (secondary N) is 1. The van der Waals surface area contributed by atoms with E-state index in [0.29, 0.717) is 24.3 Å². The van der Waals surface area contributed by atoms with Gasteiger partial charge in [-0.1, -0.05) is 185 Å². The van der Waals surface area contributed by atoms with E-state index in [1.54, 1.807) is 33.4 Å². The summed E-state index contributed by atoms with van der Waals surface area (Å²) in [6.45, 7) is 22.1. The molecular weight excluding hydrogens is 931 g/mol. The van der Waals surface area contributed by atoms with Crippen LogP contribution in [0.4, 0.5) is 0 Å². The Morgan fingerprint density at radius 2 is 1.28 bits per heavy atom. The van der Waals surface area contributed by atoms with Crippen molar-refractivity contribution in [3.63, 3.8) is 0 Å². The van der Waals surface area contributed by atoms with E-state index in [4.69, 9.17) is 0 Å². The molecule has 5 heteroatoms. The smallest absolute Gasteiger partial charge is 0.0877 e. The van der Waals surface area contributed by atoms with Crippen LogP contribution in [0, 0.1) is 51.8 Å². The van der Waals surface area contributed by atoms with Crippen molar-refractivity contribution in [3.8, 4) is 0 Å². The number of allylic oxidation sites excluding steroid dienone is 4. The van der Waals surface area contributed by atoms with Crippen LogP contribution in [0.15, 0.2) is 44.6 Å². The lowest BCUT2D eigenvalue weighted by atomic mass is 9.54. The second-order valence-electron chi connectivity index (χ2n) is 29.4. The maximum absolute atomic E-state index is 11.5. The Kier molecular flexibility index (Phi) is 24.8. The Morgan fingerprint density at radius 1 is 0.605 bits per heavy atom. The van der Waals surface area contributed by atoms with Gasteiger partial charge < -0.3 is 25.7 Å². The first-order valence-electron chi connectivity index (χ1n) is 33.7. The normalized spacial score (nSPS) is 32.5. The second-order valence-corrected chi connectivity index (χ2v) is 29.4. The fraction of sp³-hybridized carbons (Fsp3) is 0.887. The lowest BCUT2D eigenvalue weighted by molar-refractivity contribution is 0.0452. The van der Waals surface area contributed by atoms with Gasteiger partial charge in [0.05, 0.1) is 24.4 Å². The largest absolute Gasteiger partial charge is 0.393 e. The van der Waals surface area contributed by atoms with Crippen LogP contribution >= 0.6 is 0 Å². The van der Waals surface area contributed by atoms with E-state index >= 15 is 0 Å². The van der Waals surface area contributed by atoms with Gasteiger partial charge in [0.15, 0.2) is 0 Å². The molecule has 0 fully saturated rings. The molecule has 0 saturated carbocycles. The summed E-state index contributed by atoms with van der Waals surface area (Å²) in [5.41, 5.74) is 13.2. The van der Waals surface area contributed by atoms with Crippen molar-refractivity contribution >= 4 is 0 Å². The molecule has 0 radical (unpaired) electrons. The molecule has 0 aromatic rings. The second kappa shape index (κ2) is 30.2. The van der Waals surface area contributed by atoms with E-state index in [1.165, 1.54) is 210 Å². The van der Waals surface area contributed by atoms with E-state index in [0.717, 1.165) is 82.1 Å². The molecule has 7 rings (SSSR count). The van der Waals surface area contributed by atoms with E-state index in [2.05, 4.69) is 60.7 Å². The van der Waals surface area contributed by atoms with Crippen molar-refractivity contribution in [1.29, 1.82) is 0 Å². The first kappa shape index (κ1) is 62.4. The van der Waals surface area contributed by atoms with Gasteiger partial charge in [-0.3, -0.25) is 0 Å². The Bertz CT molecular complexity index is 1900. The summed E-state index contributed by atoms with van der Waals surface area (Å²) in [4.78, 5) is 0. The van der Waals surface area contributed by atoms with Gasteiger partial charge >= 0.3 is 0 Å². The lowest BCUT2D eigenvalue weighted by Gasteiger charge is -2.51. The van der Waals surface area contributed by atoms with Crippen LogP contribution in [0.25, 0.3) is 0 Å². The van der Waals surface area contributed by atoms with Crippen molar-refractivity contribution < 1.29 is 20.4 Å². The molecule has 0 aromatic carbocycles. The molecule has 11 unspecified atom stereocenters. The minimum absolute atomic E-state index is 0.0882. The molecule has 0 saturated heterocycles. The van der Waals surface area contributed by atoms with Crippen molar-refractivity contribution in [3.05, 3.63) is 44.6 Å². The maximum Gasteiger partial charge on any atom is 0.0877 e. The topological polar surface area (TPSA) is 93.0 Å². The molecule has 5 nitrogen and oxygen atoms in total. The van der Waals surface area contributed by atoms with Gasteiger partial charge in [-0.25, -0.2) is 0 Å². The van der Waals surface area contributed by atoms with E-state index in [1.807, 2.05) is 0 Å². The third-order valence-corrected chi connectivity index (χ3v) is 23.5. The molecule has 6 aliphatic carbocycles. The van der Waals surface area contributed by atoms with Crippen LogP contribution in [0.3, 0.4) is 0 Å². The number of hydrogen-bond donors (Lipinski definition) is 5. The summed E-state index contributed by atoms with van der Waals surface area (Å²) in [6.07, 6.45) is 48.8. The van der Waals surface area contributed by atoms with Crippen LogP contribution in [0.1, 0.15) is 312 Å². The number of aliphatic hydroxyl groups excluding tert-OH is 4. The monoisotopic (exact) mass is 1050 g/mol. The van der Waals surface area contributed by atoms with Gasteiger partial charge in [-0.15, -0.1) is 0 Å². The first-order valence-corrected chi connectivity index (χ1v) is 33.7. The van der Waals surface area contributed by atoms with Gasteiger partial charge in [-0.05, 0) is 224 Å². The van der Waals surface area contributed by atoms with Gasteiger partial charge in [0.25, 0.3) is 0 Å².